The lowest BCUT2D eigenvalue weighted by Crippen LogP contribution is -2.14. The molecule has 1 N–H and O–H groups in total. The second-order valence-electron chi connectivity index (χ2n) is 5.86. The minimum atomic E-state index is -0.317. The topological polar surface area (TPSA) is 73.6 Å². The van der Waals surface area contributed by atoms with Gasteiger partial charge in [0.25, 0.3) is 5.91 Å². The molecule has 0 saturated carbocycles. The molecular formula is C20H20N2O4. The van der Waals surface area contributed by atoms with Gasteiger partial charge in [-0.3, -0.25) is 4.79 Å². The maximum atomic E-state index is 12.9. The number of aromatic nitrogens is 1. The minimum Gasteiger partial charge on any atom is -0.497 e. The summed E-state index contributed by atoms with van der Waals surface area (Å²) in [6, 6.07) is 12.9. The first-order valence-electron chi connectivity index (χ1n) is 8.10. The molecule has 1 aromatic heterocycles. The summed E-state index contributed by atoms with van der Waals surface area (Å²) < 4.78 is 15.9. The number of aryl methyl sites for hydroxylation is 2. The maximum absolute atomic E-state index is 12.9. The molecule has 6 nitrogen and oxygen atoms in total. The van der Waals surface area contributed by atoms with E-state index < -0.39 is 0 Å². The van der Waals surface area contributed by atoms with Crippen LogP contribution in [0.2, 0.25) is 0 Å². The number of hydrogen-bond donors (Lipinski definition) is 1. The summed E-state index contributed by atoms with van der Waals surface area (Å²) in [4.78, 5) is 12.9. The lowest BCUT2D eigenvalue weighted by molar-refractivity contribution is 0.102. The van der Waals surface area contributed by atoms with Crippen molar-refractivity contribution >= 4 is 11.6 Å². The van der Waals surface area contributed by atoms with Gasteiger partial charge in [-0.1, -0.05) is 35.0 Å². The van der Waals surface area contributed by atoms with E-state index >= 15 is 0 Å². The van der Waals surface area contributed by atoms with Crippen LogP contribution in [0.4, 0.5) is 5.69 Å². The van der Waals surface area contributed by atoms with Crippen molar-refractivity contribution in [3.63, 3.8) is 0 Å². The highest BCUT2D eigenvalue weighted by Crippen LogP contribution is 2.31. The summed E-state index contributed by atoms with van der Waals surface area (Å²) in [7, 11) is 3.11. The van der Waals surface area contributed by atoms with E-state index in [4.69, 9.17) is 14.0 Å². The van der Waals surface area contributed by atoms with Gasteiger partial charge < -0.3 is 19.3 Å². The number of hydrogen-bond acceptors (Lipinski definition) is 5. The number of nitrogens with one attached hydrogen (secondary N) is 1. The summed E-state index contributed by atoms with van der Waals surface area (Å²) in [5.74, 6) is 1.26. The fourth-order valence-corrected chi connectivity index (χ4v) is 2.63. The number of amides is 1. The van der Waals surface area contributed by atoms with Crippen LogP contribution in [0.1, 0.15) is 21.6 Å². The van der Waals surface area contributed by atoms with Gasteiger partial charge in [-0.15, -0.1) is 0 Å². The van der Waals surface area contributed by atoms with Gasteiger partial charge in [0, 0.05) is 11.6 Å². The van der Waals surface area contributed by atoms with Crippen LogP contribution in [-0.4, -0.2) is 25.3 Å². The van der Waals surface area contributed by atoms with E-state index in [1.165, 1.54) is 7.11 Å². The molecule has 134 valence electrons. The lowest BCUT2D eigenvalue weighted by Gasteiger charge is -2.11. The number of anilines is 1. The molecule has 0 atom stereocenters. The molecule has 0 bridgehead atoms. The molecule has 6 heteroatoms. The molecule has 0 saturated heterocycles. The van der Waals surface area contributed by atoms with Crippen molar-refractivity contribution in [1.29, 1.82) is 0 Å². The largest absolute Gasteiger partial charge is 0.497 e. The molecule has 0 unspecified atom stereocenters. The summed E-state index contributed by atoms with van der Waals surface area (Å²) in [5, 5.41) is 6.82. The number of carbonyl (C=O) groups is 1. The zero-order valence-electron chi connectivity index (χ0n) is 15.1. The molecule has 0 aliphatic rings. The number of rotatable bonds is 5. The fourth-order valence-electron chi connectivity index (χ4n) is 2.63. The molecule has 0 aliphatic heterocycles. The predicted octanol–water partition coefficient (Wildman–Crippen LogP) is 4.23. The van der Waals surface area contributed by atoms with Crippen LogP contribution in [0.5, 0.6) is 11.5 Å². The van der Waals surface area contributed by atoms with E-state index in [2.05, 4.69) is 10.5 Å². The Morgan fingerprint density at radius 1 is 1.04 bits per heavy atom. The Balaban J connectivity index is 1.94. The third-order valence-corrected chi connectivity index (χ3v) is 4.06. The summed E-state index contributed by atoms with van der Waals surface area (Å²) in [6.07, 6.45) is 0. The van der Waals surface area contributed by atoms with Gasteiger partial charge >= 0.3 is 0 Å². The van der Waals surface area contributed by atoms with Gasteiger partial charge in [0.1, 0.15) is 17.1 Å². The zero-order chi connectivity index (χ0) is 18.7. The first-order chi connectivity index (χ1) is 12.5. The number of methoxy groups -OCH3 is 2. The Morgan fingerprint density at radius 3 is 2.42 bits per heavy atom. The van der Waals surface area contributed by atoms with E-state index in [1.807, 2.05) is 31.2 Å². The number of benzene rings is 2. The Morgan fingerprint density at radius 2 is 1.77 bits per heavy atom. The van der Waals surface area contributed by atoms with Crippen molar-refractivity contribution in [3.8, 4) is 22.8 Å². The van der Waals surface area contributed by atoms with Gasteiger partial charge in [-0.2, -0.15) is 0 Å². The highest BCUT2D eigenvalue weighted by atomic mass is 16.5. The minimum absolute atomic E-state index is 0.317. The standard InChI is InChI=1S/C20H20N2O4/c1-12-5-7-14(8-6-12)19-18(13(2)22-26-19)20(23)21-16-10-9-15(24-3)11-17(16)25-4/h5-11H,1-4H3,(H,21,23). The second-order valence-corrected chi connectivity index (χ2v) is 5.86. The van der Waals surface area contributed by atoms with E-state index in [0.717, 1.165) is 11.1 Å². The van der Waals surface area contributed by atoms with Crippen LogP contribution in [0.25, 0.3) is 11.3 Å². The average Bonchev–Trinajstić information content (AvgIpc) is 3.04. The molecule has 0 fully saturated rings. The zero-order valence-corrected chi connectivity index (χ0v) is 15.1. The third kappa shape index (κ3) is 3.39. The predicted molar refractivity (Wildman–Crippen MR) is 98.9 cm³/mol. The average molecular weight is 352 g/mol. The molecular weight excluding hydrogens is 332 g/mol. The third-order valence-electron chi connectivity index (χ3n) is 4.06. The van der Waals surface area contributed by atoms with Crippen LogP contribution < -0.4 is 14.8 Å². The van der Waals surface area contributed by atoms with Crippen LogP contribution in [0.3, 0.4) is 0 Å². The molecule has 1 heterocycles. The van der Waals surface area contributed by atoms with Gasteiger partial charge in [-0.05, 0) is 26.0 Å². The summed E-state index contributed by atoms with van der Waals surface area (Å²) in [6.45, 7) is 3.74. The Hall–Kier alpha value is -3.28. The molecule has 0 spiro atoms. The molecule has 26 heavy (non-hydrogen) atoms. The highest BCUT2D eigenvalue weighted by Gasteiger charge is 2.22. The van der Waals surface area contributed by atoms with Crippen LogP contribution in [0, 0.1) is 13.8 Å². The second kappa shape index (κ2) is 7.31. The van der Waals surface area contributed by atoms with Crippen molar-refractivity contribution in [2.45, 2.75) is 13.8 Å². The monoisotopic (exact) mass is 352 g/mol. The van der Waals surface area contributed by atoms with E-state index in [1.54, 1.807) is 32.2 Å². The van der Waals surface area contributed by atoms with Crippen LogP contribution >= 0.6 is 0 Å². The Bertz CT molecular complexity index is 929. The van der Waals surface area contributed by atoms with Crippen molar-refractivity contribution < 1.29 is 18.8 Å². The molecule has 3 rings (SSSR count). The first kappa shape index (κ1) is 17.5. The number of carbonyl (C=O) groups excluding carboxylic acids is 1. The van der Waals surface area contributed by atoms with Crippen molar-refractivity contribution in [3.05, 3.63) is 59.3 Å². The quantitative estimate of drug-likeness (QED) is 0.744. The molecule has 2 aromatic carbocycles. The van der Waals surface area contributed by atoms with Crippen molar-refractivity contribution in [2.75, 3.05) is 19.5 Å². The van der Waals surface area contributed by atoms with Gasteiger partial charge in [0.05, 0.1) is 25.6 Å². The molecule has 0 radical (unpaired) electrons. The number of nitrogens with zero attached hydrogens (tertiary/aromatic N) is 1. The van der Waals surface area contributed by atoms with Crippen LogP contribution in [-0.2, 0) is 0 Å². The molecule has 3 aromatic rings. The van der Waals surface area contributed by atoms with Crippen LogP contribution in [0.15, 0.2) is 47.0 Å². The lowest BCUT2D eigenvalue weighted by atomic mass is 10.0. The highest BCUT2D eigenvalue weighted by molar-refractivity contribution is 6.09. The van der Waals surface area contributed by atoms with Gasteiger partial charge in [-0.25, -0.2) is 0 Å². The Labute approximate surface area is 151 Å². The van der Waals surface area contributed by atoms with E-state index in [0.29, 0.717) is 34.2 Å². The number of ether oxygens (including phenoxy) is 2. The van der Waals surface area contributed by atoms with Gasteiger partial charge in [0.15, 0.2) is 5.76 Å². The van der Waals surface area contributed by atoms with Gasteiger partial charge in [0.2, 0.25) is 0 Å². The maximum Gasteiger partial charge on any atom is 0.261 e. The van der Waals surface area contributed by atoms with E-state index in [-0.39, 0.29) is 5.91 Å². The fraction of sp³-hybridized carbons (Fsp3) is 0.200. The van der Waals surface area contributed by atoms with Crippen molar-refractivity contribution in [2.24, 2.45) is 0 Å². The summed E-state index contributed by atoms with van der Waals surface area (Å²) in [5.41, 5.74) is 3.37. The Kier molecular flexibility index (Phi) is 4.93. The van der Waals surface area contributed by atoms with Crippen molar-refractivity contribution in [1.82, 2.24) is 5.16 Å². The molecule has 0 aliphatic carbocycles. The first-order valence-corrected chi connectivity index (χ1v) is 8.10. The smallest absolute Gasteiger partial charge is 0.261 e. The molecule has 1 amide bonds. The SMILES string of the molecule is COc1ccc(NC(=O)c2c(C)noc2-c2ccc(C)cc2)c(OC)c1. The summed E-state index contributed by atoms with van der Waals surface area (Å²) >= 11 is 0. The normalized spacial score (nSPS) is 10.5. The van der Waals surface area contributed by atoms with E-state index in [9.17, 15) is 4.79 Å².